The molecule has 21 heavy (non-hydrogen) atoms. The van der Waals surface area contributed by atoms with E-state index in [0.29, 0.717) is 5.75 Å². The monoisotopic (exact) mass is 330 g/mol. The number of hydrogen-bond acceptors (Lipinski definition) is 6. The largest absolute Gasteiger partial charge is 0.457 e. The maximum absolute atomic E-state index is 11.6. The van der Waals surface area contributed by atoms with Gasteiger partial charge in [0, 0.05) is 6.07 Å². The van der Waals surface area contributed by atoms with Gasteiger partial charge < -0.3 is 4.74 Å². The number of benzene rings is 2. The molecule has 0 radical (unpaired) electrons. The van der Waals surface area contributed by atoms with Crippen molar-refractivity contribution in [3.8, 4) is 11.5 Å². The van der Waals surface area contributed by atoms with E-state index in [1.54, 1.807) is 30.3 Å². The van der Waals surface area contributed by atoms with Crippen LogP contribution < -0.4 is 4.74 Å². The standard InChI is InChI=1S/C12H10O7S2/c13-20(14,19-21(15,16)17)12-8-4-7-11(9-12)18-10-5-2-1-3-6-10/h1-9H,(H,15,16,17). The van der Waals surface area contributed by atoms with E-state index in [9.17, 15) is 16.8 Å². The smallest absolute Gasteiger partial charge is 0.412 e. The van der Waals surface area contributed by atoms with Crippen LogP contribution in [-0.4, -0.2) is 21.4 Å². The van der Waals surface area contributed by atoms with Gasteiger partial charge in [-0.15, -0.1) is 3.63 Å². The number of para-hydroxylation sites is 1. The molecule has 0 aliphatic rings. The van der Waals surface area contributed by atoms with Crippen LogP contribution >= 0.6 is 0 Å². The molecule has 0 amide bonds. The van der Waals surface area contributed by atoms with E-state index in [1.165, 1.54) is 12.1 Å². The Hall–Kier alpha value is -1.94. The van der Waals surface area contributed by atoms with E-state index in [2.05, 4.69) is 3.63 Å². The summed E-state index contributed by atoms with van der Waals surface area (Å²) in [6.07, 6.45) is 0. The molecule has 112 valence electrons. The predicted octanol–water partition coefficient (Wildman–Crippen LogP) is 1.99. The zero-order valence-electron chi connectivity index (χ0n) is 10.4. The second-order valence-corrected chi connectivity index (χ2v) is 6.62. The second kappa shape index (κ2) is 5.82. The molecular formula is C12H10O7S2. The Labute approximate surface area is 121 Å². The maximum atomic E-state index is 11.6. The number of hydrogen-bond donors (Lipinski definition) is 1. The summed E-state index contributed by atoms with van der Waals surface area (Å²) in [4.78, 5) is -0.464. The molecule has 2 rings (SSSR count). The summed E-state index contributed by atoms with van der Waals surface area (Å²) < 4.78 is 61.8. The minimum Gasteiger partial charge on any atom is -0.457 e. The normalized spacial score (nSPS) is 12.0. The van der Waals surface area contributed by atoms with Crippen LogP contribution in [0.2, 0.25) is 0 Å². The van der Waals surface area contributed by atoms with Crippen molar-refractivity contribution >= 4 is 20.5 Å². The van der Waals surface area contributed by atoms with Crippen LogP contribution in [-0.2, 0) is 24.1 Å². The summed E-state index contributed by atoms with van der Waals surface area (Å²) in [5.41, 5.74) is 0. The highest BCUT2D eigenvalue weighted by atomic mass is 32.3. The van der Waals surface area contributed by atoms with E-state index in [0.717, 1.165) is 12.1 Å². The first-order valence-corrected chi connectivity index (χ1v) is 8.30. The molecule has 7 nitrogen and oxygen atoms in total. The summed E-state index contributed by atoms with van der Waals surface area (Å²) >= 11 is 0. The van der Waals surface area contributed by atoms with Gasteiger partial charge in [-0.25, -0.2) is 0 Å². The Morgan fingerprint density at radius 2 is 1.43 bits per heavy atom. The second-order valence-electron chi connectivity index (χ2n) is 3.84. The minimum absolute atomic E-state index is 0.168. The highest BCUT2D eigenvalue weighted by Crippen LogP contribution is 2.24. The van der Waals surface area contributed by atoms with Gasteiger partial charge in [0.15, 0.2) is 0 Å². The summed E-state index contributed by atoms with van der Waals surface area (Å²) in [5.74, 6) is 0.643. The summed E-state index contributed by atoms with van der Waals surface area (Å²) in [5, 5.41) is 0. The molecule has 0 spiro atoms. The Bertz CT molecular complexity index is 827. The minimum atomic E-state index is -5.13. The number of ether oxygens (including phenoxy) is 1. The van der Waals surface area contributed by atoms with Gasteiger partial charge in [-0.3, -0.25) is 4.55 Å². The third kappa shape index (κ3) is 4.53. The Kier molecular flexibility index (Phi) is 4.28. The zero-order valence-corrected chi connectivity index (χ0v) is 12.0. The quantitative estimate of drug-likeness (QED) is 0.835. The van der Waals surface area contributed by atoms with Crippen molar-refractivity contribution in [1.82, 2.24) is 0 Å². The van der Waals surface area contributed by atoms with Gasteiger partial charge in [0.05, 0.1) is 4.90 Å². The van der Waals surface area contributed by atoms with Crippen molar-refractivity contribution in [1.29, 1.82) is 0 Å². The molecule has 0 aromatic heterocycles. The average molecular weight is 330 g/mol. The van der Waals surface area contributed by atoms with E-state index in [1.807, 2.05) is 0 Å². The van der Waals surface area contributed by atoms with Crippen molar-refractivity contribution in [3.05, 3.63) is 54.6 Å². The lowest BCUT2D eigenvalue weighted by atomic mass is 10.3. The SMILES string of the molecule is O=S(=O)(O)OS(=O)(=O)c1cccc(Oc2ccccc2)c1. The molecule has 0 aliphatic carbocycles. The van der Waals surface area contributed by atoms with Crippen molar-refractivity contribution in [2.45, 2.75) is 4.90 Å². The van der Waals surface area contributed by atoms with Crippen molar-refractivity contribution < 1.29 is 29.8 Å². The molecule has 2 aromatic carbocycles. The molecule has 0 saturated heterocycles. The van der Waals surface area contributed by atoms with E-state index >= 15 is 0 Å². The van der Waals surface area contributed by atoms with Crippen LogP contribution in [0.15, 0.2) is 59.5 Å². The van der Waals surface area contributed by atoms with Crippen molar-refractivity contribution in [3.63, 3.8) is 0 Å². The fraction of sp³-hybridized carbons (Fsp3) is 0. The van der Waals surface area contributed by atoms with Crippen LogP contribution in [0.5, 0.6) is 11.5 Å². The predicted molar refractivity (Wildman–Crippen MR) is 72.8 cm³/mol. The van der Waals surface area contributed by atoms with E-state index in [4.69, 9.17) is 9.29 Å². The van der Waals surface area contributed by atoms with Crippen LogP contribution in [0, 0.1) is 0 Å². The van der Waals surface area contributed by atoms with Crippen LogP contribution in [0.3, 0.4) is 0 Å². The van der Waals surface area contributed by atoms with E-state index in [-0.39, 0.29) is 5.75 Å². The Morgan fingerprint density at radius 3 is 2.05 bits per heavy atom. The van der Waals surface area contributed by atoms with Crippen molar-refractivity contribution in [2.75, 3.05) is 0 Å². The van der Waals surface area contributed by atoms with Gasteiger partial charge >= 0.3 is 20.5 Å². The highest BCUT2D eigenvalue weighted by molar-refractivity contribution is 7.97. The zero-order chi connectivity index (χ0) is 15.5. The number of rotatable bonds is 5. The molecule has 0 unspecified atom stereocenters. The first-order chi connectivity index (χ1) is 9.76. The van der Waals surface area contributed by atoms with Gasteiger partial charge in [0.2, 0.25) is 0 Å². The summed E-state index contributed by atoms with van der Waals surface area (Å²) in [7, 11) is -9.78. The molecule has 0 atom stereocenters. The summed E-state index contributed by atoms with van der Waals surface area (Å²) in [6, 6.07) is 13.6. The van der Waals surface area contributed by atoms with Crippen LogP contribution in [0.4, 0.5) is 0 Å². The lowest BCUT2D eigenvalue weighted by Crippen LogP contribution is -2.12. The van der Waals surface area contributed by atoms with Crippen molar-refractivity contribution in [2.24, 2.45) is 0 Å². The third-order valence-corrected chi connectivity index (χ3v) is 4.48. The lowest BCUT2D eigenvalue weighted by Gasteiger charge is -2.07. The molecule has 2 aromatic rings. The molecule has 1 N–H and O–H groups in total. The topological polar surface area (TPSA) is 107 Å². The third-order valence-electron chi connectivity index (χ3n) is 2.25. The average Bonchev–Trinajstić information content (AvgIpc) is 2.37. The van der Waals surface area contributed by atoms with Gasteiger partial charge in [0.25, 0.3) is 0 Å². The Balaban J connectivity index is 2.30. The molecule has 9 heteroatoms. The van der Waals surface area contributed by atoms with Gasteiger partial charge in [-0.1, -0.05) is 24.3 Å². The maximum Gasteiger partial charge on any atom is 0.412 e. The van der Waals surface area contributed by atoms with Gasteiger partial charge in [-0.2, -0.15) is 16.8 Å². The summed E-state index contributed by atoms with van der Waals surface area (Å²) in [6.45, 7) is 0. The highest BCUT2D eigenvalue weighted by Gasteiger charge is 2.23. The van der Waals surface area contributed by atoms with Gasteiger partial charge in [-0.05, 0) is 24.3 Å². The first-order valence-electron chi connectivity index (χ1n) is 5.53. The molecule has 0 fully saturated rings. The molecule has 0 bridgehead atoms. The first kappa shape index (κ1) is 15.4. The molecule has 0 heterocycles. The molecular weight excluding hydrogens is 320 g/mol. The van der Waals surface area contributed by atoms with Gasteiger partial charge in [0.1, 0.15) is 11.5 Å². The van der Waals surface area contributed by atoms with Crippen LogP contribution in [0.25, 0.3) is 0 Å². The lowest BCUT2D eigenvalue weighted by molar-refractivity contribution is 0.383. The van der Waals surface area contributed by atoms with E-state index < -0.39 is 25.4 Å². The fourth-order valence-corrected chi connectivity index (χ4v) is 3.20. The molecule has 0 aliphatic heterocycles. The fourth-order valence-electron chi connectivity index (χ4n) is 1.47. The van der Waals surface area contributed by atoms with Crippen LogP contribution in [0.1, 0.15) is 0 Å². The molecule has 0 saturated carbocycles. The Morgan fingerprint density at radius 1 is 0.810 bits per heavy atom.